The van der Waals surface area contributed by atoms with Crippen LogP contribution in [0.25, 0.3) is 0 Å². The molecule has 0 saturated carbocycles. The summed E-state index contributed by atoms with van der Waals surface area (Å²) >= 11 is 12.1. The average Bonchev–Trinajstić information content (AvgIpc) is 3.10. The molecule has 1 atom stereocenters. The molecule has 1 heterocycles. The van der Waals surface area contributed by atoms with Crippen molar-refractivity contribution in [3.05, 3.63) is 82.3 Å². The summed E-state index contributed by atoms with van der Waals surface area (Å²) in [6.07, 6.45) is 0.287. The van der Waals surface area contributed by atoms with E-state index in [-0.39, 0.29) is 23.1 Å². The fourth-order valence-electron chi connectivity index (χ4n) is 3.54. The van der Waals surface area contributed by atoms with Crippen LogP contribution in [0.15, 0.2) is 71.6 Å². The standard InChI is InChI=1S/C22H18Cl2N2O4S/c23-15-1-6-18(7-2-15)30-21-12-16(24)3-10-20(21)14-11-22(27)26(13-14)17-4-8-19(9-5-17)31(25,28)29/h1-10,12,14H,11,13H2,(H2,25,28,29). The van der Waals surface area contributed by atoms with Gasteiger partial charge < -0.3 is 9.64 Å². The first-order valence-electron chi connectivity index (χ1n) is 9.37. The van der Waals surface area contributed by atoms with Gasteiger partial charge in [-0.15, -0.1) is 0 Å². The molecular formula is C22H18Cl2N2O4S. The minimum Gasteiger partial charge on any atom is -0.457 e. The Morgan fingerprint density at radius 2 is 1.58 bits per heavy atom. The maximum absolute atomic E-state index is 12.7. The van der Waals surface area contributed by atoms with Gasteiger partial charge in [0.05, 0.1) is 4.90 Å². The van der Waals surface area contributed by atoms with Crippen molar-refractivity contribution in [3.63, 3.8) is 0 Å². The summed E-state index contributed by atoms with van der Waals surface area (Å²) in [5.74, 6) is 0.984. The first kappa shape index (κ1) is 21.6. The normalized spacial score (nSPS) is 16.5. The Kier molecular flexibility index (Phi) is 5.94. The zero-order valence-corrected chi connectivity index (χ0v) is 18.5. The summed E-state index contributed by atoms with van der Waals surface area (Å²) in [5, 5.41) is 6.27. The lowest BCUT2D eigenvalue weighted by molar-refractivity contribution is -0.117. The van der Waals surface area contributed by atoms with Gasteiger partial charge in [0.2, 0.25) is 15.9 Å². The summed E-state index contributed by atoms with van der Waals surface area (Å²) in [6, 6.07) is 18.3. The van der Waals surface area contributed by atoms with E-state index in [4.69, 9.17) is 33.1 Å². The summed E-state index contributed by atoms with van der Waals surface area (Å²) < 4.78 is 29.0. The topological polar surface area (TPSA) is 89.7 Å². The molecule has 9 heteroatoms. The van der Waals surface area contributed by atoms with Gasteiger partial charge >= 0.3 is 0 Å². The van der Waals surface area contributed by atoms with Crippen LogP contribution in [-0.2, 0) is 14.8 Å². The summed E-state index contributed by atoms with van der Waals surface area (Å²) in [4.78, 5) is 14.3. The number of ether oxygens (including phenoxy) is 1. The molecule has 1 unspecified atom stereocenters. The number of carbonyl (C=O) groups is 1. The summed E-state index contributed by atoms with van der Waals surface area (Å²) in [6.45, 7) is 0.423. The molecule has 1 amide bonds. The predicted octanol–water partition coefficient (Wildman–Crippen LogP) is 4.95. The highest BCUT2D eigenvalue weighted by Gasteiger charge is 2.33. The summed E-state index contributed by atoms with van der Waals surface area (Å²) in [5.41, 5.74) is 1.46. The molecule has 1 aliphatic heterocycles. The third-order valence-corrected chi connectivity index (χ3v) is 6.48. The van der Waals surface area contributed by atoms with Crippen molar-refractivity contribution in [1.29, 1.82) is 0 Å². The van der Waals surface area contributed by atoms with E-state index in [1.807, 2.05) is 6.07 Å². The summed E-state index contributed by atoms with van der Waals surface area (Å²) in [7, 11) is -3.79. The lowest BCUT2D eigenvalue weighted by Gasteiger charge is -2.19. The molecule has 6 nitrogen and oxygen atoms in total. The quantitative estimate of drug-likeness (QED) is 0.563. The minimum atomic E-state index is -3.79. The SMILES string of the molecule is NS(=O)(=O)c1ccc(N2CC(c3ccc(Cl)cc3Oc3ccc(Cl)cc3)CC2=O)cc1. The van der Waals surface area contributed by atoms with Gasteiger partial charge in [-0.05, 0) is 60.7 Å². The van der Waals surface area contributed by atoms with Crippen molar-refractivity contribution in [2.24, 2.45) is 5.14 Å². The second-order valence-corrected chi connectivity index (χ2v) is 9.62. The Balaban J connectivity index is 1.59. The van der Waals surface area contributed by atoms with E-state index >= 15 is 0 Å². The van der Waals surface area contributed by atoms with E-state index in [0.717, 1.165) is 5.56 Å². The molecule has 0 bridgehead atoms. The van der Waals surface area contributed by atoms with Gasteiger partial charge in [-0.2, -0.15) is 0 Å². The van der Waals surface area contributed by atoms with Gasteiger partial charge in [-0.1, -0.05) is 29.3 Å². The third-order valence-electron chi connectivity index (χ3n) is 5.06. The fourth-order valence-corrected chi connectivity index (χ4v) is 4.35. The van der Waals surface area contributed by atoms with Crippen molar-refractivity contribution >= 4 is 44.8 Å². The molecule has 1 fully saturated rings. The van der Waals surface area contributed by atoms with E-state index in [1.165, 1.54) is 12.1 Å². The number of sulfonamides is 1. The van der Waals surface area contributed by atoms with Crippen LogP contribution >= 0.6 is 23.2 Å². The highest BCUT2D eigenvalue weighted by molar-refractivity contribution is 7.89. The maximum atomic E-state index is 12.7. The Bertz CT molecular complexity index is 1230. The molecule has 3 aromatic rings. The van der Waals surface area contributed by atoms with E-state index in [1.54, 1.807) is 53.4 Å². The second-order valence-electron chi connectivity index (χ2n) is 7.18. The van der Waals surface area contributed by atoms with E-state index in [9.17, 15) is 13.2 Å². The zero-order chi connectivity index (χ0) is 22.2. The van der Waals surface area contributed by atoms with Crippen LogP contribution in [0.1, 0.15) is 17.9 Å². The molecule has 2 N–H and O–H groups in total. The molecule has 31 heavy (non-hydrogen) atoms. The Morgan fingerprint density at radius 3 is 2.23 bits per heavy atom. The lowest BCUT2D eigenvalue weighted by atomic mass is 9.97. The predicted molar refractivity (Wildman–Crippen MR) is 121 cm³/mol. The number of primary sulfonamides is 1. The van der Waals surface area contributed by atoms with E-state index < -0.39 is 10.0 Å². The van der Waals surface area contributed by atoms with Crippen LogP contribution in [0.5, 0.6) is 11.5 Å². The second kappa shape index (κ2) is 8.51. The number of hydrogen-bond acceptors (Lipinski definition) is 4. The van der Waals surface area contributed by atoms with Crippen molar-refractivity contribution in [3.8, 4) is 11.5 Å². The van der Waals surface area contributed by atoms with Crippen LogP contribution < -0.4 is 14.8 Å². The molecule has 4 rings (SSSR count). The number of nitrogens with two attached hydrogens (primary N) is 1. The number of anilines is 1. The van der Waals surface area contributed by atoms with Gasteiger partial charge in [0, 0.05) is 40.2 Å². The maximum Gasteiger partial charge on any atom is 0.238 e. The van der Waals surface area contributed by atoms with Crippen LogP contribution in [0.3, 0.4) is 0 Å². The Morgan fingerprint density at radius 1 is 0.935 bits per heavy atom. The number of hydrogen-bond donors (Lipinski definition) is 1. The number of amides is 1. The molecule has 160 valence electrons. The largest absolute Gasteiger partial charge is 0.457 e. The van der Waals surface area contributed by atoms with Crippen molar-refractivity contribution in [2.75, 3.05) is 11.4 Å². The fraction of sp³-hybridized carbons (Fsp3) is 0.136. The van der Waals surface area contributed by atoms with Crippen LogP contribution in [0, 0.1) is 0 Å². The van der Waals surface area contributed by atoms with Gasteiger partial charge in [0.1, 0.15) is 11.5 Å². The highest BCUT2D eigenvalue weighted by atomic mass is 35.5. The van der Waals surface area contributed by atoms with E-state index in [2.05, 4.69) is 0 Å². The van der Waals surface area contributed by atoms with Crippen LogP contribution in [-0.4, -0.2) is 20.9 Å². The minimum absolute atomic E-state index is 0.00389. The molecular weight excluding hydrogens is 459 g/mol. The molecule has 0 aromatic heterocycles. The number of rotatable bonds is 5. The molecule has 1 aliphatic rings. The van der Waals surface area contributed by atoms with Gasteiger partial charge in [0.15, 0.2) is 0 Å². The average molecular weight is 477 g/mol. The Labute approximate surface area is 190 Å². The van der Waals surface area contributed by atoms with Crippen molar-refractivity contribution < 1.29 is 17.9 Å². The highest BCUT2D eigenvalue weighted by Crippen LogP contribution is 2.39. The molecule has 0 aliphatic carbocycles. The number of carbonyl (C=O) groups excluding carboxylic acids is 1. The van der Waals surface area contributed by atoms with Crippen molar-refractivity contribution in [2.45, 2.75) is 17.2 Å². The lowest BCUT2D eigenvalue weighted by Crippen LogP contribution is -2.24. The molecule has 0 spiro atoms. The zero-order valence-electron chi connectivity index (χ0n) is 16.2. The van der Waals surface area contributed by atoms with Gasteiger partial charge in [0.25, 0.3) is 0 Å². The number of benzene rings is 3. The smallest absolute Gasteiger partial charge is 0.238 e. The Hall–Kier alpha value is -2.58. The first-order valence-corrected chi connectivity index (χ1v) is 11.7. The monoisotopic (exact) mass is 476 g/mol. The first-order chi connectivity index (χ1) is 14.7. The van der Waals surface area contributed by atoms with Crippen LogP contribution in [0.4, 0.5) is 5.69 Å². The number of halogens is 2. The number of nitrogens with zero attached hydrogens (tertiary/aromatic N) is 1. The molecule has 0 radical (unpaired) electrons. The van der Waals surface area contributed by atoms with Crippen LogP contribution in [0.2, 0.25) is 10.0 Å². The van der Waals surface area contributed by atoms with Gasteiger partial charge in [-0.25, -0.2) is 13.6 Å². The van der Waals surface area contributed by atoms with Crippen molar-refractivity contribution in [1.82, 2.24) is 0 Å². The van der Waals surface area contributed by atoms with Gasteiger partial charge in [-0.3, -0.25) is 4.79 Å². The third kappa shape index (κ3) is 4.85. The molecule has 3 aromatic carbocycles. The van der Waals surface area contributed by atoms with E-state index in [0.29, 0.717) is 33.8 Å². The molecule has 1 saturated heterocycles.